The minimum atomic E-state index is -0.538. The number of hydrogen-bond donors (Lipinski definition) is 1. The largest absolute Gasteiger partial charge is 0.384 e. The van der Waals surface area contributed by atoms with Crippen LogP contribution in [-0.4, -0.2) is 20.4 Å². The van der Waals surface area contributed by atoms with Crippen LogP contribution in [0.25, 0.3) is 0 Å². The maximum atomic E-state index is 10.1. The Labute approximate surface area is 119 Å². The number of aliphatic hydroxyl groups is 1. The monoisotopic (exact) mass is 326 g/mol. The molecule has 1 atom stereocenters. The average Bonchev–Trinajstić information content (AvgIpc) is 2.84. The molecule has 5 heteroatoms. The Morgan fingerprint density at radius 2 is 2.33 bits per heavy atom. The van der Waals surface area contributed by atoms with E-state index >= 15 is 0 Å². The van der Waals surface area contributed by atoms with Crippen molar-refractivity contribution in [1.82, 2.24) is 9.55 Å². The van der Waals surface area contributed by atoms with Gasteiger partial charge < -0.3 is 9.67 Å². The third-order valence-electron chi connectivity index (χ3n) is 2.59. The molecule has 0 saturated carbocycles. The Kier molecular flexibility index (Phi) is 4.86. The van der Waals surface area contributed by atoms with Crippen molar-refractivity contribution < 1.29 is 5.11 Å². The van der Waals surface area contributed by atoms with Crippen molar-refractivity contribution in [2.75, 3.05) is 5.75 Å². The van der Waals surface area contributed by atoms with E-state index in [1.54, 1.807) is 18.0 Å². The Morgan fingerprint density at radius 3 is 3.06 bits per heavy atom. The van der Waals surface area contributed by atoms with Crippen LogP contribution in [0.15, 0.2) is 46.0 Å². The van der Waals surface area contributed by atoms with Crippen LogP contribution in [0.1, 0.15) is 18.9 Å². The molecule has 3 nitrogen and oxygen atoms in total. The van der Waals surface area contributed by atoms with E-state index in [-0.39, 0.29) is 0 Å². The molecule has 0 aliphatic carbocycles. The fraction of sp³-hybridized carbons (Fsp3) is 0.308. The van der Waals surface area contributed by atoms with Gasteiger partial charge in [-0.3, -0.25) is 0 Å². The molecule has 0 spiro atoms. The van der Waals surface area contributed by atoms with Crippen LogP contribution in [-0.2, 0) is 6.54 Å². The highest BCUT2D eigenvalue weighted by molar-refractivity contribution is 9.10. The van der Waals surface area contributed by atoms with Gasteiger partial charge in [0, 0.05) is 34.1 Å². The van der Waals surface area contributed by atoms with Crippen molar-refractivity contribution in [3.05, 3.63) is 47.0 Å². The summed E-state index contributed by atoms with van der Waals surface area (Å²) in [5.74, 6) is 1.34. The zero-order valence-electron chi connectivity index (χ0n) is 10.1. The molecule has 0 amide bonds. The van der Waals surface area contributed by atoms with Crippen molar-refractivity contribution in [3.8, 4) is 0 Å². The molecule has 0 aliphatic rings. The number of aryl methyl sites for hydroxylation is 1. The first-order valence-electron chi connectivity index (χ1n) is 5.78. The molecule has 18 heavy (non-hydrogen) atoms. The van der Waals surface area contributed by atoms with E-state index in [0.717, 1.165) is 21.7 Å². The maximum Gasteiger partial charge on any atom is 0.138 e. The van der Waals surface area contributed by atoms with E-state index in [0.29, 0.717) is 5.75 Å². The number of aromatic nitrogens is 2. The SMILES string of the molecule is CCn1ccnc1C(O)CSc1cccc(Br)c1. The summed E-state index contributed by atoms with van der Waals surface area (Å²) in [6.07, 6.45) is 3.08. The molecule has 2 aromatic rings. The van der Waals surface area contributed by atoms with Gasteiger partial charge in [-0.05, 0) is 25.1 Å². The molecule has 0 saturated heterocycles. The molecule has 0 bridgehead atoms. The molecule has 2 rings (SSSR count). The number of thioether (sulfide) groups is 1. The topological polar surface area (TPSA) is 38.0 Å². The van der Waals surface area contributed by atoms with Gasteiger partial charge >= 0.3 is 0 Å². The lowest BCUT2D eigenvalue weighted by Gasteiger charge is -2.11. The fourth-order valence-corrected chi connectivity index (χ4v) is 3.13. The number of rotatable bonds is 5. The van der Waals surface area contributed by atoms with E-state index in [2.05, 4.69) is 20.9 Å². The van der Waals surface area contributed by atoms with Crippen LogP contribution in [0.4, 0.5) is 0 Å². The van der Waals surface area contributed by atoms with Gasteiger partial charge in [-0.15, -0.1) is 11.8 Å². The number of hydrogen-bond acceptors (Lipinski definition) is 3. The molecular weight excluding hydrogens is 312 g/mol. The summed E-state index contributed by atoms with van der Waals surface area (Å²) in [6.45, 7) is 2.87. The van der Waals surface area contributed by atoms with Crippen LogP contribution in [0.5, 0.6) is 0 Å². The standard InChI is InChI=1S/C13H15BrN2OS/c1-2-16-7-6-15-13(16)12(17)9-18-11-5-3-4-10(14)8-11/h3-8,12,17H,2,9H2,1H3. The maximum absolute atomic E-state index is 10.1. The smallest absolute Gasteiger partial charge is 0.138 e. The van der Waals surface area contributed by atoms with Crippen molar-refractivity contribution >= 4 is 27.7 Å². The molecule has 0 fully saturated rings. The van der Waals surface area contributed by atoms with Gasteiger partial charge in [0.1, 0.15) is 11.9 Å². The van der Waals surface area contributed by atoms with Gasteiger partial charge in [-0.2, -0.15) is 0 Å². The van der Waals surface area contributed by atoms with Crippen molar-refractivity contribution in [2.45, 2.75) is 24.5 Å². The zero-order chi connectivity index (χ0) is 13.0. The molecule has 1 heterocycles. The van der Waals surface area contributed by atoms with Gasteiger partial charge in [0.25, 0.3) is 0 Å². The Hall–Kier alpha value is -0.780. The molecular formula is C13H15BrN2OS. The van der Waals surface area contributed by atoms with Crippen molar-refractivity contribution in [1.29, 1.82) is 0 Å². The van der Waals surface area contributed by atoms with Crippen LogP contribution < -0.4 is 0 Å². The lowest BCUT2D eigenvalue weighted by molar-refractivity contribution is 0.189. The third kappa shape index (κ3) is 3.37. The molecule has 0 radical (unpaired) electrons. The zero-order valence-corrected chi connectivity index (χ0v) is 12.5. The number of halogens is 1. The highest BCUT2D eigenvalue weighted by Gasteiger charge is 2.13. The Morgan fingerprint density at radius 1 is 1.50 bits per heavy atom. The van der Waals surface area contributed by atoms with Crippen LogP contribution in [0.2, 0.25) is 0 Å². The van der Waals surface area contributed by atoms with E-state index in [9.17, 15) is 5.11 Å². The quantitative estimate of drug-likeness (QED) is 0.855. The average molecular weight is 327 g/mol. The fourth-order valence-electron chi connectivity index (χ4n) is 1.69. The number of imidazole rings is 1. The number of aliphatic hydroxyl groups excluding tert-OH is 1. The first-order chi connectivity index (χ1) is 8.70. The minimum Gasteiger partial charge on any atom is -0.384 e. The van der Waals surface area contributed by atoms with E-state index < -0.39 is 6.10 Å². The molecule has 1 N–H and O–H groups in total. The molecule has 1 unspecified atom stereocenters. The summed E-state index contributed by atoms with van der Waals surface area (Å²) in [6, 6.07) is 8.06. The Bertz CT molecular complexity index is 515. The summed E-state index contributed by atoms with van der Waals surface area (Å²) in [4.78, 5) is 5.34. The summed E-state index contributed by atoms with van der Waals surface area (Å²) >= 11 is 5.07. The van der Waals surface area contributed by atoms with Crippen LogP contribution in [0.3, 0.4) is 0 Å². The molecule has 0 aliphatic heterocycles. The van der Waals surface area contributed by atoms with E-state index in [1.165, 1.54) is 0 Å². The Balaban J connectivity index is 1.98. The summed E-state index contributed by atoms with van der Waals surface area (Å²) in [5.41, 5.74) is 0. The lowest BCUT2D eigenvalue weighted by Crippen LogP contribution is -2.09. The van der Waals surface area contributed by atoms with E-state index in [4.69, 9.17) is 0 Å². The van der Waals surface area contributed by atoms with Gasteiger partial charge in [0.05, 0.1) is 0 Å². The second-order valence-electron chi connectivity index (χ2n) is 3.86. The normalized spacial score (nSPS) is 12.6. The highest BCUT2D eigenvalue weighted by Crippen LogP contribution is 2.26. The second kappa shape index (κ2) is 6.41. The summed E-state index contributed by atoms with van der Waals surface area (Å²) < 4.78 is 3.02. The van der Waals surface area contributed by atoms with Crippen molar-refractivity contribution in [2.24, 2.45) is 0 Å². The second-order valence-corrected chi connectivity index (χ2v) is 5.86. The summed E-state index contributed by atoms with van der Waals surface area (Å²) in [7, 11) is 0. The lowest BCUT2D eigenvalue weighted by atomic mass is 10.4. The van der Waals surface area contributed by atoms with Gasteiger partial charge in [0.15, 0.2) is 0 Å². The number of nitrogens with zero attached hydrogens (tertiary/aromatic N) is 2. The number of benzene rings is 1. The van der Waals surface area contributed by atoms with Gasteiger partial charge in [0.2, 0.25) is 0 Å². The third-order valence-corrected chi connectivity index (χ3v) is 4.15. The first-order valence-corrected chi connectivity index (χ1v) is 7.56. The van der Waals surface area contributed by atoms with Gasteiger partial charge in [-0.25, -0.2) is 4.98 Å². The molecule has 96 valence electrons. The van der Waals surface area contributed by atoms with Crippen LogP contribution in [0, 0.1) is 0 Å². The van der Waals surface area contributed by atoms with Crippen LogP contribution >= 0.6 is 27.7 Å². The summed E-state index contributed by atoms with van der Waals surface area (Å²) in [5, 5.41) is 10.1. The predicted molar refractivity (Wildman–Crippen MR) is 77.7 cm³/mol. The van der Waals surface area contributed by atoms with E-state index in [1.807, 2.05) is 42.0 Å². The highest BCUT2D eigenvalue weighted by atomic mass is 79.9. The minimum absolute atomic E-state index is 0.538. The van der Waals surface area contributed by atoms with Crippen molar-refractivity contribution in [3.63, 3.8) is 0 Å². The first kappa shape index (κ1) is 13.6. The predicted octanol–water partition coefficient (Wildman–Crippen LogP) is 3.49. The molecule has 1 aromatic heterocycles. The van der Waals surface area contributed by atoms with Gasteiger partial charge in [-0.1, -0.05) is 22.0 Å². The molecule has 1 aromatic carbocycles.